The average Bonchev–Trinajstić information content (AvgIpc) is 2.71. The molecule has 0 saturated carbocycles. The van der Waals surface area contributed by atoms with Crippen molar-refractivity contribution in [1.29, 1.82) is 0 Å². The van der Waals surface area contributed by atoms with Crippen molar-refractivity contribution in [3.8, 4) is 11.5 Å². The van der Waals surface area contributed by atoms with Gasteiger partial charge >= 0.3 is 0 Å². The number of aromatic nitrogens is 1. The smallest absolute Gasteiger partial charge is 0.191 e. The summed E-state index contributed by atoms with van der Waals surface area (Å²) in [5, 5.41) is 6.65. The topological polar surface area (TPSA) is 77.0 Å². The minimum Gasteiger partial charge on any atom is -0.496 e. The summed E-state index contributed by atoms with van der Waals surface area (Å²) in [5.41, 5.74) is 5.19. The summed E-state index contributed by atoms with van der Waals surface area (Å²) < 4.78 is 16.4. The molecule has 0 fully saturated rings. The van der Waals surface area contributed by atoms with Crippen LogP contribution in [0.5, 0.6) is 11.5 Å². The molecule has 2 N–H and O–H groups in total. The third-order valence-electron chi connectivity index (χ3n) is 4.61. The number of methoxy groups -OCH3 is 2. The molecule has 0 bridgehead atoms. The van der Waals surface area contributed by atoms with E-state index >= 15 is 0 Å². The second-order valence-electron chi connectivity index (χ2n) is 6.78. The minimum atomic E-state index is 0. The highest BCUT2D eigenvalue weighted by Crippen LogP contribution is 2.24. The SMILES string of the molecule is CN=C(NCc1ccc(C)cc1OCCOC)NCc1ncc(C)c(OC)c1C.I. The van der Waals surface area contributed by atoms with Crippen LogP contribution >= 0.6 is 24.0 Å². The first-order chi connectivity index (χ1) is 14.0. The minimum absolute atomic E-state index is 0. The predicted molar refractivity (Wildman–Crippen MR) is 131 cm³/mol. The number of ether oxygens (including phenoxy) is 3. The Balaban J connectivity index is 0.00000450. The molecule has 0 saturated heterocycles. The Bertz CT molecular complexity index is 843. The normalized spacial score (nSPS) is 10.9. The van der Waals surface area contributed by atoms with Gasteiger partial charge in [0.1, 0.15) is 18.1 Å². The van der Waals surface area contributed by atoms with Crippen LogP contribution in [0.25, 0.3) is 0 Å². The zero-order chi connectivity index (χ0) is 21.2. The zero-order valence-electron chi connectivity index (χ0n) is 18.7. The van der Waals surface area contributed by atoms with E-state index in [9.17, 15) is 0 Å². The number of aryl methyl sites for hydroxylation is 2. The highest BCUT2D eigenvalue weighted by atomic mass is 127. The fourth-order valence-corrected chi connectivity index (χ4v) is 2.99. The van der Waals surface area contributed by atoms with E-state index < -0.39 is 0 Å². The van der Waals surface area contributed by atoms with Crippen LogP contribution in [0.1, 0.15) is 27.9 Å². The van der Waals surface area contributed by atoms with E-state index in [2.05, 4.69) is 32.7 Å². The van der Waals surface area contributed by atoms with E-state index in [1.54, 1.807) is 21.3 Å². The molecule has 0 aliphatic carbocycles. The van der Waals surface area contributed by atoms with Crippen LogP contribution in [0.15, 0.2) is 29.4 Å². The summed E-state index contributed by atoms with van der Waals surface area (Å²) in [6.07, 6.45) is 1.83. The monoisotopic (exact) mass is 528 g/mol. The maximum absolute atomic E-state index is 5.86. The van der Waals surface area contributed by atoms with Gasteiger partial charge in [0.15, 0.2) is 5.96 Å². The molecule has 30 heavy (non-hydrogen) atoms. The summed E-state index contributed by atoms with van der Waals surface area (Å²) in [5.74, 6) is 2.41. The second-order valence-corrected chi connectivity index (χ2v) is 6.78. The Morgan fingerprint density at radius 1 is 1.07 bits per heavy atom. The first-order valence-electron chi connectivity index (χ1n) is 9.65. The number of halogens is 1. The van der Waals surface area contributed by atoms with Crippen LogP contribution < -0.4 is 20.1 Å². The molecule has 0 atom stereocenters. The van der Waals surface area contributed by atoms with Crippen molar-refractivity contribution in [2.75, 3.05) is 34.5 Å². The fraction of sp³-hybridized carbons (Fsp3) is 0.455. The van der Waals surface area contributed by atoms with E-state index in [1.165, 1.54) is 0 Å². The third kappa shape index (κ3) is 7.32. The molecule has 2 rings (SSSR count). The summed E-state index contributed by atoms with van der Waals surface area (Å²) in [7, 11) is 5.09. The van der Waals surface area contributed by atoms with E-state index in [-0.39, 0.29) is 24.0 Å². The van der Waals surface area contributed by atoms with Crippen LogP contribution in [-0.2, 0) is 17.8 Å². The molecule has 0 aliphatic rings. The average molecular weight is 528 g/mol. The Morgan fingerprint density at radius 3 is 2.47 bits per heavy atom. The van der Waals surface area contributed by atoms with E-state index in [0.717, 1.165) is 39.4 Å². The van der Waals surface area contributed by atoms with Gasteiger partial charge in [-0.3, -0.25) is 9.98 Å². The van der Waals surface area contributed by atoms with Gasteiger partial charge in [0, 0.05) is 43.6 Å². The molecule has 7 nitrogen and oxygen atoms in total. The van der Waals surface area contributed by atoms with Gasteiger partial charge in [-0.15, -0.1) is 24.0 Å². The first-order valence-corrected chi connectivity index (χ1v) is 9.65. The fourth-order valence-electron chi connectivity index (χ4n) is 2.99. The van der Waals surface area contributed by atoms with Crippen LogP contribution in [0.2, 0.25) is 0 Å². The van der Waals surface area contributed by atoms with Gasteiger partial charge in [-0.05, 0) is 32.4 Å². The quantitative estimate of drug-likeness (QED) is 0.225. The van der Waals surface area contributed by atoms with Crippen molar-refractivity contribution in [3.05, 3.63) is 52.3 Å². The molecule has 1 heterocycles. The number of nitrogens with zero attached hydrogens (tertiary/aromatic N) is 2. The lowest BCUT2D eigenvalue weighted by atomic mass is 10.1. The van der Waals surface area contributed by atoms with Gasteiger partial charge in [0.05, 0.1) is 26.0 Å². The lowest BCUT2D eigenvalue weighted by Crippen LogP contribution is -2.36. The molecule has 8 heteroatoms. The highest BCUT2D eigenvalue weighted by Gasteiger charge is 2.11. The number of rotatable bonds is 9. The lowest BCUT2D eigenvalue weighted by molar-refractivity contribution is 0.145. The maximum Gasteiger partial charge on any atom is 0.191 e. The van der Waals surface area contributed by atoms with Gasteiger partial charge in [-0.1, -0.05) is 12.1 Å². The molecule has 1 aromatic carbocycles. The van der Waals surface area contributed by atoms with Crippen molar-refractivity contribution in [1.82, 2.24) is 15.6 Å². The lowest BCUT2D eigenvalue weighted by Gasteiger charge is -2.16. The summed E-state index contributed by atoms with van der Waals surface area (Å²) in [4.78, 5) is 8.82. The summed E-state index contributed by atoms with van der Waals surface area (Å²) >= 11 is 0. The van der Waals surface area contributed by atoms with Crippen molar-refractivity contribution >= 4 is 29.9 Å². The standard InChI is InChI=1S/C22H32N4O3.HI/c1-15-7-8-18(20(11-15)29-10-9-27-5)13-25-22(23-4)26-14-19-17(3)21(28-6)16(2)12-24-19;/h7-8,11-12H,9-10,13-14H2,1-6H3,(H2,23,25,26);1H. The van der Waals surface area contributed by atoms with Crippen molar-refractivity contribution in [3.63, 3.8) is 0 Å². The van der Waals surface area contributed by atoms with E-state index in [4.69, 9.17) is 14.2 Å². The number of pyridine rings is 1. The predicted octanol–water partition coefficient (Wildman–Crippen LogP) is 3.52. The molecule has 0 amide bonds. The maximum atomic E-state index is 5.86. The number of hydrogen-bond acceptors (Lipinski definition) is 5. The molecule has 166 valence electrons. The van der Waals surface area contributed by atoms with Crippen LogP contribution in [0.4, 0.5) is 0 Å². The molecular weight excluding hydrogens is 495 g/mol. The van der Waals surface area contributed by atoms with Crippen molar-refractivity contribution < 1.29 is 14.2 Å². The van der Waals surface area contributed by atoms with Gasteiger partial charge in [-0.2, -0.15) is 0 Å². The van der Waals surface area contributed by atoms with Crippen molar-refractivity contribution in [2.45, 2.75) is 33.9 Å². The third-order valence-corrected chi connectivity index (χ3v) is 4.61. The van der Waals surface area contributed by atoms with E-state index in [1.807, 2.05) is 33.0 Å². The summed E-state index contributed by atoms with van der Waals surface area (Å²) in [6.45, 7) is 8.26. The Hall–Kier alpha value is -2.07. The Labute approximate surface area is 196 Å². The van der Waals surface area contributed by atoms with Crippen LogP contribution in [-0.4, -0.2) is 45.4 Å². The van der Waals surface area contributed by atoms with Gasteiger partial charge in [0.25, 0.3) is 0 Å². The number of guanidine groups is 1. The van der Waals surface area contributed by atoms with Gasteiger partial charge in [0.2, 0.25) is 0 Å². The molecule has 0 spiro atoms. The molecule has 0 aliphatic heterocycles. The molecule has 1 aromatic heterocycles. The highest BCUT2D eigenvalue weighted by molar-refractivity contribution is 14.0. The van der Waals surface area contributed by atoms with Gasteiger partial charge in [-0.25, -0.2) is 0 Å². The Kier molecular flexibility index (Phi) is 11.5. The summed E-state index contributed by atoms with van der Waals surface area (Å²) in [6, 6.07) is 6.17. The van der Waals surface area contributed by atoms with Crippen LogP contribution in [0.3, 0.4) is 0 Å². The van der Waals surface area contributed by atoms with Crippen molar-refractivity contribution in [2.24, 2.45) is 4.99 Å². The molecular formula is C22H33IN4O3. The number of aliphatic imine (C=N–C) groups is 1. The molecule has 2 aromatic rings. The number of benzene rings is 1. The Morgan fingerprint density at radius 2 is 1.80 bits per heavy atom. The largest absolute Gasteiger partial charge is 0.496 e. The number of nitrogens with one attached hydrogen (secondary N) is 2. The van der Waals surface area contributed by atoms with Crippen LogP contribution in [0, 0.1) is 20.8 Å². The zero-order valence-corrected chi connectivity index (χ0v) is 21.0. The first kappa shape index (κ1) is 26.0. The second kappa shape index (κ2) is 13.3. The molecule has 0 radical (unpaired) electrons. The van der Waals surface area contributed by atoms with E-state index in [0.29, 0.717) is 32.3 Å². The number of hydrogen-bond donors (Lipinski definition) is 2. The molecule has 0 unspecified atom stereocenters. The van der Waals surface area contributed by atoms with Gasteiger partial charge < -0.3 is 24.8 Å².